The molecule has 1 fully saturated rings. The number of carboxylic acids is 1. The van der Waals surface area contributed by atoms with E-state index in [-0.39, 0.29) is 6.54 Å². The lowest BCUT2D eigenvalue weighted by atomic mass is 10.1. The third-order valence-corrected chi connectivity index (χ3v) is 4.33. The maximum Gasteiger partial charge on any atom is 0.336 e. The van der Waals surface area contributed by atoms with Crippen molar-refractivity contribution in [1.29, 1.82) is 0 Å². The summed E-state index contributed by atoms with van der Waals surface area (Å²) in [5.41, 5.74) is -1.66. The first-order valence-corrected chi connectivity index (χ1v) is 6.83. The summed E-state index contributed by atoms with van der Waals surface area (Å²) in [7, 11) is 0. The molecule has 0 bridgehead atoms. The number of carboxylic acid groups (broad SMARTS) is 1. The first-order chi connectivity index (χ1) is 7.47. The normalized spacial score (nSPS) is 28.9. The van der Waals surface area contributed by atoms with E-state index in [9.17, 15) is 9.90 Å². The topological polar surface area (TPSA) is 69.6 Å². The van der Waals surface area contributed by atoms with Gasteiger partial charge in [0.2, 0.25) is 0 Å². The van der Waals surface area contributed by atoms with Crippen LogP contribution >= 0.6 is 11.8 Å². The van der Waals surface area contributed by atoms with Crippen molar-refractivity contribution in [1.82, 2.24) is 5.32 Å². The van der Waals surface area contributed by atoms with Crippen LogP contribution in [0.25, 0.3) is 0 Å². The first kappa shape index (κ1) is 13.8. The zero-order chi connectivity index (χ0) is 12.2. The molecule has 0 aromatic rings. The first-order valence-electron chi connectivity index (χ1n) is 5.78. The molecule has 4 nitrogen and oxygen atoms in total. The Balaban J connectivity index is 2.39. The highest BCUT2D eigenvalue weighted by Crippen LogP contribution is 2.29. The fourth-order valence-corrected chi connectivity index (χ4v) is 3.20. The van der Waals surface area contributed by atoms with Crippen molar-refractivity contribution in [3.05, 3.63) is 0 Å². The number of carbonyl (C=O) groups is 1. The Morgan fingerprint density at radius 1 is 1.56 bits per heavy atom. The van der Waals surface area contributed by atoms with Crippen LogP contribution < -0.4 is 5.32 Å². The van der Waals surface area contributed by atoms with Crippen molar-refractivity contribution in [2.24, 2.45) is 0 Å². The van der Waals surface area contributed by atoms with Crippen LogP contribution in [0.15, 0.2) is 0 Å². The van der Waals surface area contributed by atoms with Crippen molar-refractivity contribution in [3.63, 3.8) is 0 Å². The van der Waals surface area contributed by atoms with Crippen LogP contribution in [0.5, 0.6) is 0 Å². The van der Waals surface area contributed by atoms with Gasteiger partial charge in [-0.2, -0.15) is 11.8 Å². The van der Waals surface area contributed by atoms with Crippen LogP contribution in [0.1, 0.15) is 33.1 Å². The highest BCUT2D eigenvalue weighted by Gasteiger charge is 2.33. The fourth-order valence-electron chi connectivity index (χ4n) is 1.98. The molecule has 1 aliphatic carbocycles. The van der Waals surface area contributed by atoms with Gasteiger partial charge >= 0.3 is 5.97 Å². The lowest BCUT2D eigenvalue weighted by Crippen LogP contribution is -2.49. The second kappa shape index (κ2) is 5.89. The predicted molar refractivity (Wildman–Crippen MR) is 65.8 cm³/mol. The van der Waals surface area contributed by atoms with E-state index in [1.54, 1.807) is 0 Å². The van der Waals surface area contributed by atoms with Gasteiger partial charge in [0.05, 0.1) is 0 Å². The maximum atomic E-state index is 10.7. The van der Waals surface area contributed by atoms with Gasteiger partial charge in [-0.15, -0.1) is 0 Å². The van der Waals surface area contributed by atoms with Gasteiger partial charge < -0.3 is 15.5 Å². The summed E-state index contributed by atoms with van der Waals surface area (Å²) in [5, 5.41) is 22.1. The van der Waals surface area contributed by atoms with Crippen LogP contribution in [0.3, 0.4) is 0 Å². The lowest BCUT2D eigenvalue weighted by Gasteiger charge is -2.25. The average molecular weight is 247 g/mol. The number of rotatable bonds is 6. The molecule has 0 saturated heterocycles. The van der Waals surface area contributed by atoms with Crippen molar-refractivity contribution >= 4 is 17.7 Å². The molecule has 0 aromatic heterocycles. The third-order valence-electron chi connectivity index (χ3n) is 3.00. The molecule has 16 heavy (non-hydrogen) atoms. The summed E-state index contributed by atoms with van der Waals surface area (Å²) in [6.45, 7) is 3.58. The average Bonchev–Trinajstić information content (AvgIpc) is 2.63. The molecule has 0 heterocycles. The van der Waals surface area contributed by atoms with E-state index in [0.717, 1.165) is 12.2 Å². The Morgan fingerprint density at radius 2 is 2.25 bits per heavy atom. The van der Waals surface area contributed by atoms with Gasteiger partial charge in [-0.25, -0.2) is 4.79 Å². The molecule has 3 N–H and O–H groups in total. The van der Waals surface area contributed by atoms with E-state index in [0.29, 0.717) is 11.3 Å². The summed E-state index contributed by atoms with van der Waals surface area (Å²) in [4.78, 5) is 10.7. The standard InChI is InChI=1S/C11H21NO3S/c1-3-16-9-6-4-5-8(9)12-7-11(2,15)10(13)14/h8-9,12,15H,3-7H2,1-2H3,(H,13,14). The van der Waals surface area contributed by atoms with Crippen LogP contribution in [-0.2, 0) is 4.79 Å². The Hall–Kier alpha value is -0.260. The summed E-state index contributed by atoms with van der Waals surface area (Å²) < 4.78 is 0. The minimum absolute atomic E-state index is 0.119. The largest absolute Gasteiger partial charge is 0.479 e. The molecule has 0 radical (unpaired) electrons. The Labute approximate surface area is 101 Å². The Morgan fingerprint density at radius 3 is 2.81 bits per heavy atom. The monoisotopic (exact) mass is 247 g/mol. The number of nitrogens with one attached hydrogen (secondary N) is 1. The number of hydrogen-bond acceptors (Lipinski definition) is 4. The zero-order valence-electron chi connectivity index (χ0n) is 9.90. The molecule has 0 aromatic carbocycles. The van der Waals surface area contributed by atoms with E-state index in [1.807, 2.05) is 11.8 Å². The minimum Gasteiger partial charge on any atom is -0.479 e. The number of aliphatic carboxylic acids is 1. The summed E-state index contributed by atoms with van der Waals surface area (Å²) in [6.07, 6.45) is 3.45. The minimum atomic E-state index is -1.66. The molecular weight excluding hydrogens is 226 g/mol. The van der Waals surface area contributed by atoms with E-state index >= 15 is 0 Å². The van der Waals surface area contributed by atoms with Gasteiger partial charge in [0.25, 0.3) is 0 Å². The van der Waals surface area contributed by atoms with Crippen molar-refractivity contribution in [2.75, 3.05) is 12.3 Å². The van der Waals surface area contributed by atoms with Crippen LogP contribution in [0, 0.1) is 0 Å². The van der Waals surface area contributed by atoms with Crippen LogP contribution in [-0.4, -0.2) is 45.4 Å². The van der Waals surface area contributed by atoms with Gasteiger partial charge in [0.1, 0.15) is 0 Å². The molecule has 0 spiro atoms. The van der Waals surface area contributed by atoms with E-state index in [2.05, 4.69) is 12.2 Å². The van der Waals surface area contributed by atoms with Gasteiger partial charge in [-0.05, 0) is 25.5 Å². The summed E-state index contributed by atoms with van der Waals surface area (Å²) >= 11 is 1.91. The molecule has 1 aliphatic rings. The second-order valence-electron chi connectivity index (χ2n) is 4.49. The quantitative estimate of drug-likeness (QED) is 0.655. The molecule has 0 amide bonds. The smallest absolute Gasteiger partial charge is 0.336 e. The van der Waals surface area contributed by atoms with E-state index in [4.69, 9.17) is 5.11 Å². The third kappa shape index (κ3) is 3.64. The highest BCUT2D eigenvalue weighted by atomic mass is 32.2. The van der Waals surface area contributed by atoms with Gasteiger partial charge in [0, 0.05) is 17.8 Å². The van der Waals surface area contributed by atoms with E-state index < -0.39 is 11.6 Å². The van der Waals surface area contributed by atoms with Crippen molar-refractivity contribution < 1.29 is 15.0 Å². The molecule has 5 heteroatoms. The van der Waals surface area contributed by atoms with Gasteiger partial charge in [0.15, 0.2) is 5.60 Å². The molecule has 3 atom stereocenters. The number of aliphatic hydroxyl groups is 1. The molecular formula is C11H21NO3S. The molecule has 1 saturated carbocycles. The van der Waals surface area contributed by atoms with Gasteiger partial charge in [-0.3, -0.25) is 0 Å². The Bertz CT molecular complexity index is 245. The molecule has 1 rings (SSSR count). The van der Waals surface area contributed by atoms with Crippen LogP contribution in [0.2, 0.25) is 0 Å². The van der Waals surface area contributed by atoms with Crippen LogP contribution in [0.4, 0.5) is 0 Å². The van der Waals surface area contributed by atoms with Gasteiger partial charge in [-0.1, -0.05) is 13.3 Å². The Kier molecular flexibility index (Phi) is 5.08. The summed E-state index contributed by atoms with van der Waals surface area (Å²) in [6, 6.07) is 0.343. The molecule has 3 unspecified atom stereocenters. The maximum absolute atomic E-state index is 10.7. The number of hydrogen-bond donors (Lipinski definition) is 3. The van der Waals surface area contributed by atoms with Crippen molar-refractivity contribution in [3.8, 4) is 0 Å². The van der Waals surface area contributed by atoms with E-state index in [1.165, 1.54) is 19.8 Å². The highest BCUT2D eigenvalue weighted by molar-refractivity contribution is 7.99. The lowest BCUT2D eigenvalue weighted by molar-refractivity contribution is -0.156. The second-order valence-corrected chi connectivity index (χ2v) is 6.01. The SMILES string of the molecule is CCSC1CCCC1NCC(C)(O)C(=O)O. The zero-order valence-corrected chi connectivity index (χ0v) is 10.7. The molecule has 94 valence electrons. The summed E-state index contributed by atoms with van der Waals surface area (Å²) in [5.74, 6) is -0.0873. The fraction of sp³-hybridized carbons (Fsp3) is 0.909. The predicted octanol–water partition coefficient (Wildman–Crippen LogP) is 1.09. The molecule has 0 aliphatic heterocycles. The number of thioether (sulfide) groups is 1. The van der Waals surface area contributed by atoms with Crippen molar-refractivity contribution in [2.45, 2.75) is 50.0 Å².